The number of benzene rings is 1. The number of ether oxygens (including phenoxy) is 1. The monoisotopic (exact) mass is 245 g/mol. The molecule has 0 amide bonds. The van der Waals surface area contributed by atoms with E-state index in [1.807, 2.05) is 18.2 Å². The number of hydrogen-bond acceptors (Lipinski definition) is 3. The molecule has 96 valence electrons. The minimum Gasteiger partial charge on any atom is -0.497 e. The highest BCUT2D eigenvalue weighted by Gasteiger charge is 2.01. The topological polar surface area (TPSA) is 34.4 Å². The first-order chi connectivity index (χ1) is 8.79. The zero-order chi connectivity index (χ0) is 12.8. The number of methoxy groups -OCH3 is 1. The van der Waals surface area contributed by atoms with E-state index in [-0.39, 0.29) is 0 Å². The molecule has 0 unspecified atom stereocenters. The maximum Gasteiger partial charge on any atom is 0.120 e. The van der Waals surface area contributed by atoms with Gasteiger partial charge in [-0.2, -0.15) is 0 Å². The van der Waals surface area contributed by atoms with Gasteiger partial charge in [-0.15, -0.1) is 0 Å². The van der Waals surface area contributed by atoms with Crippen LogP contribution in [-0.4, -0.2) is 13.7 Å². The van der Waals surface area contributed by atoms with Gasteiger partial charge in [0.05, 0.1) is 19.9 Å². The molecule has 0 saturated heterocycles. The van der Waals surface area contributed by atoms with E-state index in [1.165, 1.54) is 11.1 Å². The standard InChI is InChI=1S/C15H19NO2/c1-12-7-9-18-15(12)11-16-8-6-13-4-3-5-14(10-13)17-2/h3-5,7,9-10,16H,6,8,11H2,1-2H3. The van der Waals surface area contributed by atoms with E-state index >= 15 is 0 Å². The van der Waals surface area contributed by atoms with Gasteiger partial charge in [-0.25, -0.2) is 0 Å². The fourth-order valence-corrected chi connectivity index (χ4v) is 1.85. The van der Waals surface area contributed by atoms with E-state index < -0.39 is 0 Å². The Morgan fingerprint density at radius 1 is 1.28 bits per heavy atom. The molecule has 0 saturated carbocycles. The maximum absolute atomic E-state index is 5.37. The number of aryl methyl sites for hydroxylation is 1. The van der Waals surface area contributed by atoms with Crippen LogP contribution in [0, 0.1) is 6.92 Å². The van der Waals surface area contributed by atoms with Crippen molar-refractivity contribution in [3.8, 4) is 5.75 Å². The molecule has 18 heavy (non-hydrogen) atoms. The Balaban J connectivity index is 1.76. The van der Waals surface area contributed by atoms with E-state index in [4.69, 9.17) is 9.15 Å². The Bertz CT molecular complexity index is 491. The van der Waals surface area contributed by atoms with Crippen LogP contribution < -0.4 is 10.1 Å². The molecule has 2 rings (SSSR count). The van der Waals surface area contributed by atoms with Gasteiger partial charge in [-0.05, 0) is 49.2 Å². The molecule has 1 N–H and O–H groups in total. The smallest absolute Gasteiger partial charge is 0.120 e. The second kappa shape index (κ2) is 6.26. The van der Waals surface area contributed by atoms with Gasteiger partial charge in [-0.1, -0.05) is 12.1 Å². The Morgan fingerprint density at radius 2 is 2.17 bits per heavy atom. The summed E-state index contributed by atoms with van der Waals surface area (Å²) in [5, 5.41) is 3.38. The minimum absolute atomic E-state index is 0.781. The van der Waals surface area contributed by atoms with Crippen LogP contribution in [0.4, 0.5) is 0 Å². The van der Waals surface area contributed by atoms with E-state index in [9.17, 15) is 0 Å². The van der Waals surface area contributed by atoms with Crippen LogP contribution in [0.3, 0.4) is 0 Å². The lowest BCUT2D eigenvalue weighted by Gasteiger charge is -2.06. The van der Waals surface area contributed by atoms with Crippen molar-refractivity contribution in [3.63, 3.8) is 0 Å². The highest BCUT2D eigenvalue weighted by molar-refractivity contribution is 5.28. The van der Waals surface area contributed by atoms with Crippen molar-refractivity contribution in [2.75, 3.05) is 13.7 Å². The number of nitrogens with one attached hydrogen (secondary N) is 1. The van der Waals surface area contributed by atoms with Gasteiger partial charge in [0.25, 0.3) is 0 Å². The molecule has 3 heteroatoms. The lowest BCUT2D eigenvalue weighted by atomic mass is 10.1. The fraction of sp³-hybridized carbons (Fsp3) is 0.333. The van der Waals surface area contributed by atoms with Crippen molar-refractivity contribution < 1.29 is 9.15 Å². The molecule has 3 nitrogen and oxygen atoms in total. The van der Waals surface area contributed by atoms with Crippen molar-refractivity contribution >= 4 is 0 Å². The molecule has 0 radical (unpaired) electrons. The second-order valence-electron chi connectivity index (χ2n) is 4.31. The van der Waals surface area contributed by atoms with E-state index in [2.05, 4.69) is 24.4 Å². The van der Waals surface area contributed by atoms with Crippen LogP contribution in [-0.2, 0) is 13.0 Å². The van der Waals surface area contributed by atoms with Crippen molar-refractivity contribution in [3.05, 3.63) is 53.5 Å². The number of hydrogen-bond donors (Lipinski definition) is 1. The van der Waals surface area contributed by atoms with Gasteiger partial charge < -0.3 is 14.5 Å². The average molecular weight is 245 g/mol. The van der Waals surface area contributed by atoms with Crippen LogP contribution in [0.5, 0.6) is 5.75 Å². The summed E-state index contributed by atoms with van der Waals surface area (Å²) in [6.45, 7) is 3.76. The van der Waals surface area contributed by atoms with Gasteiger partial charge in [0, 0.05) is 0 Å². The Kier molecular flexibility index (Phi) is 4.42. The molecule has 0 spiro atoms. The number of furan rings is 1. The zero-order valence-electron chi connectivity index (χ0n) is 10.9. The molecule has 0 atom stereocenters. The highest BCUT2D eigenvalue weighted by Crippen LogP contribution is 2.12. The molecular weight excluding hydrogens is 226 g/mol. The fourth-order valence-electron chi connectivity index (χ4n) is 1.85. The molecule has 1 heterocycles. The first-order valence-corrected chi connectivity index (χ1v) is 6.16. The molecule has 0 fully saturated rings. The van der Waals surface area contributed by atoms with Crippen LogP contribution in [0.2, 0.25) is 0 Å². The van der Waals surface area contributed by atoms with Gasteiger partial charge in [0.15, 0.2) is 0 Å². The van der Waals surface area contributed by atoms with E-state index in [0.717, 1.165) is 31.0 Å². The highest BCUT2D eigenvalue weighted by atomic mass is 16.5. The van der Waals surface area contributed by atoms with Gasteiger partial charge in [0.1, 0.15) is 11.5 Å². The van der Waals surface area contributed by atoms with E-state index in [0.29, 0.717) is 0 Å². The Hall–Kier alpha value is -1.74. The lowest BCUT2D eigenvalue weighted by Crippen LogP contribution is -2.16. The second-order valence-corrected chi connectivity index (χ2v) is 4.31. The molecule has 0 aliphatic carbocycles. The van der Waals surface area contributed by atoms with Crippen molar-refractivity contribution in [2.24, 2.45) is 0 Å². The molecule has 1 aromatic heterocycles. The van der Waals surface area contributed by atoms with Crippen molar-refractivity contribution in [1.82, 2.24) is 5.32 Å². The van der Waals surface area contributed by atoms with Crippen LogP contribution in [0.1, 0.15) is 16.9 Å². The third-order valence-corrected chi connectivity index (χ3v) is 2.98. The van der Waals surface area contributed by atoms with Crippen LogP contribution >= 0.6 is 0 Å². The molecule has 0 aliphatic rings. The lowest BCUT2D eigenvalue weighted by molar-refractivity contribution is 0.414. The predicted molar refractivity (Wildman–Crippen MR) is 71.8 cm³/mol. The molecule has 1 aromatic carbocycles. The summed E-state index contributed by atoms with van der Waals surface area (Å²) in [4.78, 5) is 0. The zero-order valence-corrected chi connectivity index (χ0v) is 10.9. The van der Waals surface area contributed by atoms with Crippen molar-refractivity contribution in [1.29, 1.82) is 0 Å². The van der Waals surface area contributed by atoms with E-state index in [1.54, 1.807) is 13.4 Å². The molecule has 0 bridgehead atoms. The molecule has 2 aromatic rings. The largest absolute Gasteiger partial charge is 0.497 e. The summed E-state index contributed by atoms with van der Waals surface area (Å²) in [5.74, 6) is 1.93. The summed E-state index contributed by atoms with van der Waals surface area (Å²) in [6, 6.07) is 10.1. The molecular formula is C15H19NO2. The normalized spacial score (nSPS) is 10.6. The average Bonchev–Trinajstić information content (AvgIpc) is 2.81. The number of rotatable bonds is 6. The summed E-state index contributed by atoms with van der Waals surface area (Å²) in [7, 11) is 1.69. The first-order valence-electron chi connectivity index (χ1n) is 6.16. The summed E-state index contributed by atoms with van der Waals surface area (Å²) in [5.41, 5.74) is 2.47. The van der Waals surface area contributed by atoms with Gasteiger partial charge >= 0.3 is 0 Å². The van der Waals surface area contributed by atoms with Crippen LogP contribution in [0.15, 0.2) is 41.0 Å². The third-order valence-electron chi connectivity index (χ3n) is 2.98. The van der Waals surface area contributed by atoms with Gasteiger partial charge in [-0.3, -0.25) is 0 Å². The minimum atomic E-state index is 0.781. The summed E-state index contributed by atoms with van der Waals surface area (Å²) in [6.07, 6.45) is 2.71. The van der Waals surface area contributed by atoms with Crippen molar-refractivity contribution in [2.45, 2.75) is 19.9 Å². The van der Waals surface area contributed by atoms with Crippen LogP contribution in [0.25, 0.3) is 0 Å². The Morgan fingerprint density at radius 3 is 2.89 bits per heavy atom. The quantitative estimate of drug-likeness (QED) is 0.795. The molecule has 0 aliphatic heterocycles. The summed E-state index contributed by atoms with van der Waals surface area (Å²) < 4.78 is 10.6. The predicted octanol–water partition coefficient (Wildman–Crippen LogP) is 2.93. The maximum atomic E-state index is 5.37. The van der Waals surface area contributed by atoms with Gasteiger partial charge in [0.2, 0.25) is 0 Å². The first kappa shape index (κ1) is 12.7. The SMILES string of the molecule is COc1cccc(CCNCc2occc2C)c1. The Labute approximate surface area is 108 Å². The third kappa shape index (κ3) is 3.37. The summed E-state index contributed by atoms with van der Waals surface area (Å²) >= 11 is 0.